The van der Waals surface area contributed by atoms with Crippen LogP contribution in [0.2, 0.25) is 0 Å². The van der Waals surface area contributed by atoms with Crippen LogP contribution in [0.3, 0.4) is 0 Å². The Labute approximate surface area is 247 Å². The Hall–Kier alpha value is -2.32. The van der Waals surface area contributed by atoms with Crippen LogP contribution in [0.15, 0.2) is 30.3 Å². The number of carbonyl (C=O) groups excluding carboxylic acids is 2. The van der Waals surface area contributed by atoms with Gasteiger partial charge in [0.25, 0.3) is 0 Å². The monoisotopic (exact) mass is 570 g/mol. The summed E-state index contributed by atoms with van der Waals surface area (Å²) in [6.07, 6.45) is 8.33. The van der Waals surface area contributed by atoms with E-state index in [0.717, 1.165) is 32.2 Å². The molecule has 0 aromatic heterocycles. The van der Waals surface area contributed by atoms with Crippen molar-refractivity contribution in [3.63, 3.8) is 0 Å². The summed E-state index contributed by atoms with van der Waals surface area (Å²) in [6, 6.07) is 12.9. The van der Waals surface area contributed by atoms with Crippen LogP contribution in [0.25, 0.3) is 0 Å². The topological polar surface area (TPSA) is 91.9 Å². The molecule has 3 N–H and O–H groups in total. The highest BCUT2D eigenvalue weighted by molar-refractivity contribution is 5.69. The number of nitrogens with one attached hydrogen (secondary N) is 3. The molecule has 0 saturated carbocycles. The molecule has 8 heteroatoms. The third-order valence-electron chi connectivity index (χ3n) is 8.69. The minimum atomic E-state index is -0.451. The van der Waals surface area contributed by atoms with Gasteiger partial charge in [0, 0.05) is 41.8 Å². The van der Waals surface area contributed by atoms with Crippen LogP contribution in [-0.4, -0.2) is 63.5 Å². The fourth-order valence-corrected chi connectivity index (χ4v) is 7.33. The number of carbonyl (C=O) groups is 2. The molecule has 5 rings (SSSR count). The zero-order chi connectivity index (χ0) is 30.1. The first-order valence-electron chi connectivity index (χ1n) is 15.6. The summed E-state index contributed by atoms with van der Waals surface area (Å²) < 4.78 is 10.8. The average molecular weight is 571 g/mol. The van der Waals surface area contributed by atoms with Gasteiger partial charge in [0.15, 0.2) is 0 Å². The Morgan fingerprint density at radius 2 is 1.22 bits per heavy atom. The molecule has 4 fully saturated rings. The SMILES string of the molecule is CC1(NC(=O)OC(C)(C)C)C[C@H]2CC[C@@H](C1)N2.CC1(NC(=O)OC(C)(C)C)C[C@H]2CC[C@@H](C1)N2Cc1ccccc1. The van der Waals surface area contributed by atoms with E-state index in [1.54, 1.807) is 0 Å². The van der Waals surface area contributed by atoms with Gasteiger partial charge in [-0.25, -0.2) is 9.59 Å². The van der Waals surface area contributed by atoms with Crippen molar-refractivity contribution in [3.05, 3.63) is 35.9 Å². The molecule has 0 spiro atoms. The lowest BCUT2D eigenvalue weighted by Crippen LogP contribution is -2.57. The van der Waals surface area contributed by atoms with Crippen molar-refractivity contribution in [1.29, 1.82) is 0 Å². The van der Waals surface area contributed by atoms with Crippen LogP contribution in [0.4, 0.5) is 9.59 Å². The molecule has 8 nitrogen and oxygen atoms in total. The second-order valence-electron chi connectivity index (χ2n) is 15.4. The van der Waals surface area contributed by atoms with Crippen molar-refractivity contribution in [2.45, 2.75) is 160 Å². The molecule has 4 saturated heterocycles. The number of hydrogen-bond acceptors (Lipinski definition) is 6. The molecule has 2 unspecified atom stereocenters. The maximum absolute atomic E-state index is 12.2. The first-order valence-corrected chi connectivity index (χ1v) is 15.6. The van der Waals surface area contributed by atoms with Crippen molar-refractivity contribution >= 4 is 12.2 Å². The molecule has 6 atom stereocenters. The highest BCUT2D eigenvalue weighted by atomic mass is 16.6. The molecular formula is C33H54N4O4. The predicted molar refractivity (Wildman–Crippen MR) is 163 cm³/mol. The minimum Gasteiger partial charge on any atom is -0.444 e. The van der Waals surface area contributed by atoms with Gasteiger partial charge in [0.2, 0.25) is 0 Å². The molecule has 4 aliphatic heterocycles. The molecule has 0 aliphatic carbocycles. The lowest BCUT2D eigenvalue weighted by atomic mass is 9.84. The van der Waals surface area contributed by atoms with Crippen LogP contribution in [0.1, 0.15) is 112 Å². The standard InChI is InChI=1S/C20H30N2O2.C13H24N2O2/c1-19(2,3)24-18(23)21-20(4)12-16-10-11-17(13-20)22(16)14-15-8-6-5-7-9-15;1-12(2,3)17-11(16)15-13(4)7-9-5-6-10(8-13)14-9/h5-9,16-17H,10-14H2,1-4H3,(H,21,23);9-10,14H,5-8H2,1-4H3,(H,15,16)/t16-,17+,20?;9-,10+,13?. The average Bonchev–Trinajstić information content (AvgIpc) is 3.27. The Bertz CT molecular complexity index is 1020. The number of alkyl carbamates (subject to hydrolysis) is 2. The van der Waals surface area contributed by atoms with Crippen molar-refractivity contribution in [3.8, 4) is 0 Å². The number of amides is 2. The number of fused-ring (bicyclic) bond motifs is 4. The van der Waals surface area contributed by atoms with Gasteiger partial charge >= 0.3 is 12.2 Å². The lowest BCUT2D eigenvalue weighted by molar-refractivity contribution is 0.0297. The Morgan fingerprint density at radius 1 is 0.780 bits per heavy atom. The largest absolute Gasteiger partial charge is 0.444 e. The van der Waals surface area contributed by atoms with Crippen molar-refractivity contribution < 1.29 is 19.1 Å². The van der Waals surface area contributed by atoms with Crippen LogP contribution in [-0.2, 0) is 16.0 Å². The van der Waals surface area contributed by atoms with Crippen LogP contribution >= 0.6 is 0 Å². The van der Waals surface area contributed by atoms with E-state index >= 15 is 0 Å². The van der Waals surface area contributed by atoms with E-state index in [1.165, 1.54) is 31.2 Å². The highest BCUT2D eigenvalue weighted by Crippen LogP contribution is 2.41. The first kappa shape index (κ1) is 31.6. The zero-order valence-corrected chi connectivity index (χ0v) is 26.6. The van der Waals surface area contributed by atoms with E-state index in [4.69, 9.17) is 9.47 Å². The van der Waals surface area contributed by atoms with Crippen LogP contribution in [0, 0.1) is 0 Å². The molecule has 230 valence electrons. The van der Waals surface area contributed by atoms with Crippen LogP contribution in [0.5, 0.6) is 0 Å². The van der Waals surface area contributed by atoms with Gasteiger partial charge in [-0.1, -0.05) is 30.3 Å². The maximum atomic E-state index is 12.2. The van der Waals surface area contributed by atoms with E-state index in [1.807, 2.05) is 41.5 Å². The van der Waals surface area contributed by atoms with Crippen LogP contribution < -0.4 is 16.0 Å². The second kappa shape index (κ2) is 12.1. The Morgan fingerprint density at radius 3 is 1.66 bits per heavy atom. The third-order valence-corrected chi connectivity index (χ3v) is 8.69. The van der Waals surface area contributed by atoms with E-state index < -0.39 is 11.2 Å². The maximum Gasteiger partial charge on any atom is 0.408 e. The van der Waals surface area contributed by atoms with Gasteiger partial charge in [-0.3, -0.25) is 4.90 Å². The highest BCUT2D eigenvalue weighted by Gasteiger charge is 2.47. The third kappa shape index (κ3) is 9.34. The quantitative estimate of drug-likeness (QED) is 0.395. The minimum absolute atomic E-state index is 0.112. The van der Waals surface area contributed by atoms with Gasteiger partial charge < -0.3 is 25.4 Å². The fraction of sp³-hybridized carbons (Fsp3) is 0.758. The van der Waals surface area contributed by atoms with Gasteiger partial charge in [-0.05, 0) is 112 Å². The summed E-state index contributed by atoms with van der Waals surface area (Å²) in [5, 5.41) is 9.78. The number of hydrogen-bond donors (Lipinski definition) is 3. The Kier molecular flexibility index (Phi) is 9.34. The molecule has 1 aromatic rings. The number of piperidine rings is 2. The second-order valence-corrected chi connectivity index (χ2v) is 15.4. The lowest BCUT2D eigenvalue weighted by Gasteiger charge is -2.45. The van der Waals surface area contributed by atoms with Gasteiger partial charge in [0.05, 0.1) is 0 Å². The van der Waals surface area contributed by atoms with E-state index in [9.17, 15) is 9.59 Å². The van der Waals surface area contributed by atoms with Gasteiger partial charge in [-0.15, -0.1) is 0 Å². The fourth-order valence-electron chi connectivity index (χ4n) is 7.33. The van der Waals surface area contributed by atoms with Crippen molar-refractivity contribution in [2.24, 2.45) is 0 Å². The summed E-state index contributed by atoms with van der Waals surface area (Å²) in [4.78, 5) is 26.6. The molecule has 4 heterocycles. The Balaban J connectivity index is 0.000000201. The molecule has 1 aromatic carbocycles. The van der Waals surface area contributed by atoms with E-state index in [2.05, 4.69) is 65.0 Å². The number of benzene rings is 1. The molecule has 4 aliphatic rings. The normalized spacial score (nSPS) is 32.9. The summed E-state index contributed by atoms with van der Waals surface area (Å²) in [5.41, 5.74) is 0.221. The number of ether oxygens (including phenoxy) is 2. The first-order chi connectivity index (χ1) is 19.0. The molecular weight excluding hydrogens is 516 g/mol. The molecule has 41 heavy (non-hydrogen) atoms. The van der Waals surface area contributed by atoms with Gasteiger partial charge in [-0.2, -0.15) is 0 Å². The van der Waals surface area contributed by atoms with Crippen molar-refractivity contribution in [1.82, 2.24) is 20.9 Å². The number of rotatable bonds is 4. The number of nitrogens with zero attached hydrogens (tertiary/aromatic N) is 1. The van der Waals surface area contributed by atoms with Crippen molar-refractivity contribution in [2.75, 3.05) is 0 Å². The molecule has 2 amide bonds. The molecule has 0 radical (unpaired) electrons. The van der Waals surface area contributed by atoms with Gasteiger partial charge in [0.1, 0.15) is 11.2 Å². The summed E-state index contributed by atoms with van der Waals surface area (Å²) in [5.74, 6) is 0. The van der Waals surface area contributed by atoms with E-state index in [-0.39, 0.29) is 23.3 Å². The summed E-state index contributed by atoms with van der Waals surface area (Å²) in [6.45, 7) is 16.7. The zero-order valence-electron chi connectivity index (χ0n) is 26.6. The summed E-state index contributed by atoms with van der Waals surface area (Å²) >= 11 is 0. The predicted octanol–water partition coefficient (Wildman–Crippen LogP) is 6.28. The van der Waals surface area contributed by atoms with E-state index in [0.29, 0.717) is 24.2 Å². The smallest absolute Gasteiger partial charge is 0.408 e. The molecule has 4 bridgehead atoms. The summed E-state index contributed by atoms with van der Waals surface area (Å²) in [7, 11) is 0.